The van der Waals surface area contributed by atoms with E-state index in [1.165, 1.54) is 4.88 Å². The summed E-state index contributed by atoms with van der Waals surface area (Å²) in [6.45, 7) is 4.22. The molecule has 0 aliphatic rings. The summed E-state index contributed by atoms with van der Waals surface area (Å²) >= 11 is 5.21. The normalized spacial score (nSPS) is 11.4. The molecule has 0 fully saturated rings. The molecule has 5 nitrogen and oxygen atoms in total. The molecule has 0 aliphatic heterocycles. The molecular formula is C17H23BrN4OS. The maximum Gasteiger partial charge on any atom is 0.191 e. The summed E-state index contributed by atoms with van der Waals surface area (Å²) in [6, 6.07) is 7.82. The minimum absolute atomic E-state index is 0.573. The Morgan fingerprint density at radius 1 is 1.33 bits per heavy atom. The van der Waals surface area contributed by atoms with Gasteiger partial charge in [-0.25, -0.2) is 4.98 Å². The van der Waals surface area contributed by atoms with Crippen LogP contribution in [-0.2, 0) is 12.8 Å². The molecule has 130 valence electrons. The largest absolute Gasteiger partial charge is 0.492 e. The number of aromatic nitrogens is 1. The average molecular weight is 411 g/mol. The van der Waals surface area contributed by atoms with Crippen molar-refractivity contribution in [1.82, 2.24) is 15.6 Å². The van der Waals surface area contributed by atoms with E-state index in [4.69, 9.17) is 4.74 Å². The molecule has 0 unspecified atom stereocenters. The summed E-state index contributed by atoms with van der Waals surface area (Å²) in [5.41, 5.74) is 0. The summed E-state index contributed by atoms with van der Waals surface area (Å²) in [6.07, 6.45) is 3.92. The Hall–Kier alpha value is -1.60. The zero-order chi connectivity index (χ0) is 17.2. The second kappa shape index (κ2) is 10.3. The fourth-order valence-electron chi connectivity index (χ4n) is 2.03. The van der Waals surface area contributed by atoms with Gasteiger partial charge < -0.3 is 15.4 Å². The third-order valence-corrected chi connectivity index (χ3v) is 4.96. The standard InChI is InChI=1S/C17H23BrN4OS/c1-3-15-12-22-16(24-15)7-8-20-17(19-2)21-9-10-23-14-6-4-5-13(18)11-14/h4-6,11-12H,3,7-10H2,1-2H3,(H2,19,20,21). The monoisotopic (exact) mass is 410 g/mol. The Morgan fingerprint density at radius 3 is 2.88 bits per heavy atom. The first kappa shape index (κ1) is 18.7. The van der Waals surface area contributed by atoms with E-state index in [-0.39, 0.29) is 0 Å². The van der Waals surface area contributed by atoms with Crippen molar-refractivity contribution in [3.8, 4) is 5.75 Å². The number of hydrogen-bond donors (Lipinski definition) is 2. The highest BCUT2D eigenvalue weighted by Crippen LogP contribution is 2.17. The molecular weight excluding hydrogens is 388 g/mol. The second-order valence-electron chi connectivity index (χ2n) is 5.06. The van der Waals surface area contributed by atoms with E-state index in [9.17, 15) is 0 Å². The van der Waals surface area contributed by atoms with Gasteiger partial charge in [0, 0.05) is 35.6 Å². The summed E-state index contributed by atoms with van der Waals surface area (Å²) < 4.78 is 6.70. The van der Waals surface area contributed by atoms with Crippen molar-refractivity contribution >= 4 is 33.2 Å². The van der Waals surface area contributed by atoms with E-state index in [1.54, 1.807) is 18.4 Å². The van der Waals surface area contributed by atoms with Crippen LogP contribution in [0.3, 0.4) is 0 Å². The maximum atomic E-state index is 5.69. The van der Waals surface area contributed by atoms with Crippen LogP contribution in [0.1, 0.15) is 16.8 Å². The number of nitrogens with zero attached hydrogens (tertiary/aromatic N) is 2. The number of hydrogen-bond acceptors (Lipinski definition) is 4. The van der Waals surface area contributed by atoms with Crippen molar-refractivity contribution in [3.05, 3.63) is 44.8 Å². The van der Waals surface area contributed by atoms with Gasteiger partial charge in [-0.05, 0) is 24.6 Å². The van der Waals surface area contributed by atoms with Crippen LogP contribution >= 0.6 is 27.3 Å². The number of aliphatic imine (C=N–C) groups is 1. The zero-order valence-electron chi connectivity index (χ0n) is 14.0. The van der Waals surface area contributed by atoms with E-state index in [2.05, 4.69) is 43.5 Å². The van der Waals surface area contributed by atoms with Crippen LogP contribution in [0.4, 0.5) is 0 Å². The summed E-state index contributed by atoms with van der Waals surface area (Å²) in [7, 11) is 1.77. The molecule has 0 saturated heterocycles. The molecule has 2 rings (SSSR count). The molecule has 2 N–H and O–H groups in total. The molecule has 0 spiro atoms. The number of rotatable bonds is 8. The van der Waals surface area contributed by atoms with Gasteiger partial charge in [0.05, 0.1) is 11.6 Å². The molecule has 2 aromatic rings. The predicted octanol–water partition coefficient (Wildman–Crippen LogP) is 3.25. The first-order valence-corrected chi connectivity index (χ1v) is 9.58. The Morgan fingerprint density at radius 2 is 2.17 bits per heavy atom. The fraction of sp³-hybridized carbons (Fsp3) is 0.412. The zero-order valence-corrected chi connectivity index (χ0v) is 16.4. The molecule has 1 heterocycles. The van der Waals surface area contributed by atoms with E-state index in [0.717, 1.165) is 40.6 Å². The maximum absolute atomic E-state index is 5.69. The Kier molecular flexibility index (Phi) is 8.04. The summed E-state index contributed by atoms with van der Waals surface area (Å²) in [5.74, 6) is 1.63. The molecule has 0 radical (unpaired) electrons. The van der Waals surface area contributed by atoms with Crippen LogP contribution in [0.15, 0.2) is 39.9 Å². The highest BCUT2D eigenvalue weighted by molar-refractivity contribution is 9.10. The van der Waals surface area contributed by atoms with Gasteiger partial charge in [-0.1, -0.05) is 28.9 Å². The van der Waals surface area contributed by atoms with Crippen LogP contribution in [0.5, 0.6) is 5.75 Å². The molecule has 0 bridgehead atoms. The number of aryl methyl sites for hydroxylation is 1. The minimum Gasteiger partial charge on any atom is -0.492 e. The van der Waals surface area contributed by atoms with Crippen molar-refractivity contribution < 1.29 is 4.74 Å². The second-order valence-corrected chi connectivity index (χ2v) is 7.17. The lowest BCUT2D eigenvalue weighted by Crippen LogP contribution is -2.40. The van der Waals surface area contributed by atoms with Gasteiger partial charge in [-0.2, -0.15) is 0 Å². The molecule has 0 aliphatic carbocycles. The van der Waals surface area contributed by atoms with Gasteiger partial charge in [0.15, 0.2) is 5.96 Å². The summed E-state index contributed by atoms with van der Waals surface area (Å²) in [4.78, 5) is 9.96. The van der Waals surface area contributed by atoms with Crippen molar-refractivity contribution in [2.45, 2.75) is 19.8 Å². The highest BCUT2D eigenvalue weighted by Gasteiger charge is 2.02. The van der Waals surface area contributed by atoms with Crippen molar-refractivity contribution in [3.63, 3.8) is 0 Å². The predicted molar refractivity (Wildman–Crippen MR) is 104 cm³/mol. The van der Waals surface area contributed by atoms with Crippen LogP contribution < -0.4 is 15.4 Å². The van der Waals surface area contributed by atoms with Crippen LogP contribution in [0.25, 0.3) is 0 Å². The third kappa shape index (κ3) is 6.49. The Labute approximate surface area is 155 Å². The number of ether oxygens (including phenoxy) is 1. The van der Waals surface area contributed by atoms with Gasteiger partial charge >= 0.3 is 0 Å². The van der Waals surface area contributed by atoms with Gasteiger partial charge in [0.1, 0.15) is 12.4 Å². The average Bonchev–Trinajstić information content (AvgIpc) is 3.05. The van der Waals surface area contributed by atoms with Crippen molar-refractivity contribution in [2.75, 3.05) is 26.7 Å². The van der Waals surface area contributed by atoms with E-state index >= 15 is 0 Å². The lowest BCUT2D eigenvalue weighted by Gasteiger charge is -2.12. The van der Waals surface area contributed by atoms with E-state index < -0.39 is 0 Å². The third-order valence-electron chi connectivity index (χ3n) is 3.26. The SMILES string of the molecule is CCc1cnc(CCNC(=NC)NCCOc2cccc(Br)c2)s1. The van der Waals surface area contributed by atoms with Crippen molar-refractivity contribution in [1.29, 1.82) is 0 Å². The smallest absolute Gasteiger partial charge is 0.191 e. The van der Waals surface area contributed by atoms with Crippen LogP contribution in [-0.4, -0.2) is 37.7 Å². The highest BCUT2D eigenvalue weighted by atomic mass is 79.9. The first-order valence-electron chi connectivity index (χ1n) is 7.97. The summed E-state index contributed by atoms with van der Waals surface area (Å²) in [5, 5.41) is 7.70. The topological polar surface area (TPSA) is 58.5 Å². The molecule has 1 aromatic heterocycles. The lowest BCUT2D eigenvalue weighted by molar-refractivity contribution is 0.321. The van der Waals surface area contributed by atoms with Crippen LogP contribution in [0, 0.1) is 0 Å². The molecule has 0 saturated carbocycles. The number of thiazole rings is 1. The number of guanidine groups is 1. The molecule has 0 amide bonds. The van der Waals surface area contributed by atoms with Gasteiger partial charge in [-0.15, -0.1) is 11.3 Å². The molecule has 24 heavy (non-hydrogen) atoms. The van der Waals surface area contributed by atoms with Crippen molar-refractivity contribution in [2.24, 2.45) is 4.99 Å². The van der Waals surface area contributed by atoms with Gasteiger partial charge in [0.2, 0.25) is 0 Å². The van der Waals surface area contributed by atoms with Crippen LogP contribution in [0.2, 0.25) is 0 Å². The molecule has 1 aromatic carbocycles. The fourth-order valence-corrected chi connectivity index (χ4v) is 3.27. The van der Waals surface area contributed by atoms with Gasteiger partial charge in [0.25, 0.3) is 0 Å². The molecule has 7 heteroatoms. The first-order chi connectivity index (χ1) is 11.7. The lowest BCUT2D eigenvalue weighted by atomic mass is 10.3. The van der Waals surface area contributed by atoms with E-state index in [1.807, 2.05) is 30.5 Å². The quantitative estimate of drug-likeness (QED) is 0.398. The molecule has 0 atom stereocenters. The van der Waals surface area contributed by atoms with Gasteiger partial charge in [-0.3, -0.25) is 4.99 Å². The Balaban J connectivity index is 1.63. The Bertz CT molecular complexity index is 660. The minimum atomic E-state index is 0.573. The number of benzene rings is 1. The van der Waals surface area contributed by atoms with E-state index in [0.29, 0.717) is 13.2 Å². The number of nitrogens with one attached hydrogen (secondary N) is 2. The number of halogens is 1.